The summed E-state index contributed by atoms with van der Waals surface area (Å²) in [7, 11) is 0. The van der Waals surface area contributed by atoms with Gasteiger partial charge in [-0.1, -0.05) is 30.3 Å². The van der Waals surface area contributed by atoms with Gasteiger partial charge in [0.1, 0.15) is 18.1 Å². The number of carbonyl (C=O) groups excluding carboxylic acids is 1. The Bertz CT molecular complexity index is 1120. The van der Waals surface area contributed by atoms with E-state index in [-0.39, 0.29) is 11.8 Å². The van der Waals surface area contributed by atoms with Crippen molar-refractivity contribution in [2.24, 2.45) is 0 Å². The van der Waals surface area contributed by atoms with E-state index in [1.165, 1.54) is 4.70 Å². The second-order valence-corrected chi connectivity index (χ2v) is 8.54. The van der Waals surface area contributed by atoms with Crippen molar-refractivity contribution in [2.75, 3.05) is 13.1 Å². The molecule has 1 saturated heterocycles. The molecule has 0 spiro atoms. The van der Waals surface area contributed by atoms with E-state index in [1.807, 2.05) is 59.5 Å². The molecule has 1 aliphatic rings. The Balaban J connectivity index is 1.25. The number of ether oxygens (including phenoxy) is 1. The van der Waals surface area contributed by atoms with Crippen LogP contribution in [0.4, 0.5) is 0 Å². The number of carbonyl (C=O) groups is 1. The van der Waals surface area contributed by atoms with E-state index in [1.54, 1.807) is 17.4 Å². The molecule has 0 N–H and O–H groups in total. The Morgan fingerprint density at radius 3 is 2.80 bits per heavy atom. The number of para-hydroxylation sites is 2. The molecule has 152 valence electrons. The Kier molecular flexibility index (Phi) is 5.24. The first kappa shape index (κ1) is 18.9. The molecule has 2 aromatic heterocycles. The molecule has 1 aliphatic heterocycles. The zero-order valence-electron chi connectivity index (χ0n) is 16.5. The number of aromatic nitrogens is 1. The molecule has 0 radical (unpaired) electrons. The highest BCUT2D eigenvalue weighted by Gasteiger charge is 2.29. The number of benzene rings is 2. The average Bonchev–Trinajstić information content (AvgIpc) is 3.45. The Hall–Kier alpha value is -3.12. The van der Waals surface area contributed by atoms with Crippen LogP contribution in [0.15, 0.2) is 71.1 Å². The minimum Gasteiger partial charge on any atom is -0.486 e. The average molecular weight is 419 g/mol. The predicted octanol–water partition coefficient (Wildman–Crippen LogP) is 5.49. The predicted molar refractivity (Wildman–Crippen MR) is 117 cm³/mol. The van der Waals surface area contributed by atoms with Gasteiger partial charge in [0.25, 0.3) is 5.91 Å². The molecule has 1 unspecified atom stereocenters. The zero-order valence-corrected chi connectivity index (χ0v) is 17.3. The number of fused-ring (bicyclic) bond motifs is 1. The second-order valence-electron chi connectivity index (χ2n) is 7.48. The number of thiazole rings is 1. The minimum absolute atomic E-state index is 0.0632. The zero-order chi connectivity index (χ0) is 20.3. The van der Waals surface area contributed by atoms with Gasteiger partial charge in [-0.05, 0) is 49.2 Å². The first-order valence-electron chi connectivity index (χ1n) is 10.2. The van der Waals surface area contributed by atoms with Crippen molar-refractivity contribution in [2.45, 2.75) is 25.4 Å². The number of amides is 1. The third-order valence-corrected chi connectivity index (χ3v) is 6.56. The number of hydrogen-bond acceptors (Lipinski definition) is 5. The van der Waals surface area contributed by atoms with Gasteiger partial charge in [0, 0.05) is 19.0 Å². The van der Waals surface area contributed by atoms with Crippen LogP contribution in [0, 0.1) is 0 Å². The maximum absolute atomic E-state index is 13.0. The number of nitrogens with zero attached hydrogens (tertiary/aromatic N) is 2. The van der Waals surface area contributed by atoms with Crippen LogP contribution in [0.3, 0.4) is 0 Å². The fourth-order valence-corrected chi connectivity index (χ4v) is 4.92. The molecule has 1 amide bonds. The van der Waals surface area contributed by atoms with Crippen molar-refractivity contribution in [3.8, 4) is 5.75 Å². The highest BCUT2D eigenvalue weighted by molar-refractivity contribution is 7.18. The van der Waals surface area contributed by atoms with Crippen molar-refractivity contribution in [3.05, 3.63) is 83.3 Å². The first-order chi connectivity index (χ1) is 14.8. The lowest BCUT2D eigenvalue weighted by Crippen LogP contribution is -2.38. The first-order valence-corrected chi connectivity index (χ1v) is 11.0. The molecule has 0 saturated carbocycles. The number of rotatable bonds is 5. The van der Waals surface area contributed by atoms with Crippen LogP contribution < -0.4 is 4.74 Å². The van der Waals surface area contributed by atoms with Gasteiger partial charge in [0.05, 0.1) is 15.2 Å². The van der Waals surface area contributed by atoms with Gasteiger partial charge in [-0.15, -0.1) is 11.3 Å². The topological polar surface area (TPSA) is 55.6 Å². The monoisotopic (exact) mass is 418 g/mol. The maximum Gasteiger partial charge on any atom is 0.289 e. The number of likely N-dealkylation sites (tertiary alicyclic amines) is 1. The lowest BCUT2D eigenvalue weighted by atomic mass is 9.98. The highest BCUT2D eigenvalue weighted by Crippen LogP contribution is 2.33. The smallest absolute Gasteiger partial charge is 0.289 e. The van der Waals surface area contributed by atoms with Crippen LogP contribution in [0.25, 0.3) is 10.2 Å². The van der Waals surface area contributed by atoms with Crippen molar-refractivity contribution < 1.29 is 13.9 Å². The van der Waals surface area contributed by atoms with Crippen LogP contribution in [-0.2, 0) is 6.61 Å². The summed E-state index contributed by atoms with van der Waals surface area (Å²) in [5.41, 5.74) is 1.04. The van der Waals surface area contributed by atoms with Gasteiger partial charge < -0.3 is 14.1 Å². The van der Waals surface area contributed by atoms with Crippen LogP contribution in [-0.4, -0.2) is 28.9 Å². The molecule has 5 rings (SSSR count). The molecule has 0 aliphatic carbocycles. The Morgan fingerprint density at radius 2 is 1.93 bits per heavy atom. The second kappa shape index (κ2) is 8.32. The summed E-state index contributed by atoms with van der Waals surface area (Å²) in [6.07, 6.45) is 2.02. The number of hydrogen-bond donors (Lipinski definition) is 0. The van der Waals surface area contributed by atoms with Gasteiger partial charge in [-0.3, -0.25) is 4.79 Å². The summed E-state index contributed by atoms with van der Waals surface area (Å²) < 4.78 is 12.7. The van der Waals surface area contributed by atoms with E-state index < -0.39 is 0 Å². The molecule has 1 fully saturated rings. The molecule has 1 atom stereocenters. The minimum atomic E-state index is -0.0632. The molecule has 5 nitrogen and oxygen atoms in total. The van der Waals surface area contributed by atoms with Crippen LogP contribution in [0.5, 0.6) is 5.75 Å². The summed E-state index contributed by atoms with van der Waals surface area (Å²) in [4.78, 5) is 19.7. The number of furan rings is 1. The lowest BCUT2D eigenvalue weighted by molar-refractivity contribution is 0.0671. The van der Waals surface area contributed by atoms with Crippen molar-refractivity contribution >= 4 is 27.5 Å². The van der Waals surface area contributed by atoms with Gasteiger partial charge in [-0.25, -0.2) is 4.98 Å². The summed E-state index contributed by atoms with van der Waals surface area (Å²) in [5.74, 6) is 1.99. The molecule has 6 heteroatoms. The Labute approximate surface area is 178 Å². The number of piperidine rings is 1. The van der Waals surface area contributed by atoms with E-state index in [9.17, 15) is 4.79 Å². The molecular formula is C24H22N2O3S. The van der Waals surface area contributed by atoms with E-state index in [0.29, 0.717) is 24.7 Å². The Morgan fingerprint density at radius 1 is 1.10 bits per heavy atom. The van der Waals surface area contributed by atoms with E-state index in [0.717, 1.165) is 35.7 Å². The normalized spacial score (nSPS) is 16.7. The maximum atomic E-state index is 13.0. The SMILES string of the molecule is O=C(c1ccc(COc2ccccc2)o1)N1CCCC(c2nc3ccccc3s2)C1. The summed E-state index contributed by atoms with van der Waals surface area (Å²) in [5, 5.41) is 1.12. The fraction of sp³-hybridized carbons (Fsp3) is 0.250. The van der Waals surface area contributed by atoms with Crippen LogP contribution in [0.2, 0.25) is 0 Å². The molecule has 4 aromatic rings. The molecule has 0 bridgehead atoms. The molecule has 3 heterocycles. The quantitative estimate of drug-likeness (QED) is 0.430. The van der Waals surface area contributed by atoms with Gasteiger partial charge >= 0.3 is 0 Å². The van der Waals surface area contributed by atoms with E-state index >= 15 is 0 Å². The van der Waals surface area contributed by atoms with Crippen LogP contribution in [0.1, 0.15) is 40.1 Å². The largest absolute Gasteiger partial charge is 0.486 e. The molecule has 2 aromatic carbocycles. The third-order valence-electron chi connectivity index (χ3n) is 5.37. The fourth-order valence-electron chi connectivity index (χ4n) is 3.83. The highest BCUT2D eigenvalue weighted by atomic mass is 32.1. The summed E-state index contributed by atoms with van der Waals surface area (Å²) in [6.45, 7) is 1.72. The van der Waals surface area contributed by atoms with Gasteiger partial charge in [0.2, 0.25) is 0 Å². The molecular weight excluding hydrogens is 396 g/mol. The van der Waals surface area contributed by atoms with Gasteiger partial charge in [-0.2, -0.15) is 0 Å². The van der Waals surface area contributed by atoms with E-state index in [4.69, 9.17) is 14.1 Å². The van der Waals surface area contributed by atoms with Crippen molar-refractivity contribution in [1.29, 1.82) is 0 Å². The van der Waals surface area contributed by atoms with Gasteiger partial charge in [0.15, 0.2) is 5.76 Å². The lowest BCUT2D eigenvalue weighted by Gasteiger charge is -2.31. The molecule has 30 heavy (non-hydrogen) atoms. The van der Waals surface area contributed by atoms with Crippen molar-refractivity contribution in [1.82, 2.24) is 9.88 Å². The summed E-state index contributed by atoms with van der Waals surface area (Å²) >= 11 is 1.73. The third kappa shape index (κ3) is 3.96. The standard InChI is InChI=1S/C24H22N2O3S/c27-24(21-13-12-19(29-21)16-28-18-8-2-1-3-9-18)26-14-6-7-17(15-26)23-25-20-10-4-5-11-22(20)30-23/h1-5,8-13,17H,6-7,14-16H2. The van der Waals surface area contributed by atoms with Crippen molar-refractivity contribution in [3.63, 3.8) is 0 Å². The van der Waals surface area contributed by atoms with Crippen LogP contribution >= 0.6 is 11.3 Å². The summed E-state index contributed by atoms with van der Waals surface area (Å²) in [6, 6.07) is 21.3. The van der Waals surface area contributed by atoms with E-state index in [2.05, 4.69) is 6.07 Å².